The number of likely N-dealkylation sites (N-methyl/N-ethyl adjacent to an activating group) is 1. The first-order valence-corrected chi connectivity index (χ1v) is 25.5. The van der Waals surface area contributed by atoms with Crippen LogP contribution in [0.3, 0.4) is 0 Å². The predicted molar refractivity (Wildman–Crippen MR) is 241 cm³/mol. The molecule has 0 aromatic heterocycles. The summed E-state index contributed by atoms with van der Waals surface area (Å²) in [6.07, 6.45) is 44.8. The molecule has 0 saturated carbocycles. The Kier molecular flexibility index (Phi) is 39.8. The summed E-state index contributed by atoms with van der Waals surface area (Å²) in [7, 11) is 1.17. The number of allylic oxidation sites excluding steroid dienone is 4. The highest BCUT2D eigenvalue weighted by atomic mass is 31.2. The number of carbonyl (C=O) groups is 2. The average Bonchev–Trinajstić information content (AvgIpc) is 3.17. The van der Waals surface area contributed by atoms with E-state index in [-0.39, 0.29) is 32.0 Å². The largest absolute Gasteiger partial charge is 0.756 e. The van der Waals surface area contributed by atoms with Gasteiger partial charge in [-0.25, -0.2) is 0 Å². The third-order valence-corrected chi connectivity index (χ3v) is 11.4. The lowest BCUT2D eigenvalue weighted by Crippen LogP contribution is -2.37. The topological polar surface area (TPSA) is 111 Å². The van der Waals surface area contributed by atoms with Crippen molar-refractivity contribution in [1.29, 1.82) is 0 Å². The summed E-state index contributed by atoms with van der Waals surface area (Å²) in [5.41, 5.74) is 0. The van der Waals surface area contributed by atoms with Gasteiger partial charge in [0.1, 0.15) is 19.8 Å². The molecule has 0 rings (SSSR count). The zero-order chi connectivity index (χ0) is 42.8. The van der Waals surface area contributed by atoms with Crippen molar-refractivity contribution in [2.45, 2.75) is 225 Å². The van der Waals surface area contributed by atoms with E-state index < -0.39 is 26.5 Å². The van der Waals surface area contributed by atoms with E-state index in [1.54, 1.807) is 0 Å². The molecule has 0 aromatic carbocycles. The fourth-order valence-electron chi connectivity index (χ4n) is 6.64. The minimum atomic E-state index is -4.63. The summed E-state index contributed by atoms with van der Waals surface area (Å²) >= 11 is 0. The van der Waals surface area contributed by atoms with Gasteiger partial charge < -0.3 is 27.9 Å². The number of nitrogens with zero attached hydrogens (tertiary/aromatic N) is 1. The van der Waals surface area contributed by atoms with Gasteiger partial charge in [0.25, 0.3) is 7.82 Å². The van der Waals surface area contributed by atoms with Gasteiger partial charge in [0.2, 0.25) is 0 Å². The molecule has 2 atom stereocenters. The molecular formula is C48H92NO8P. The Balaban J connectivity index is 4.30. The lowest BCUT2D eigenvalue weighted by molar-refractivity contribution is -0.870. The third-order valence-electron chi connectivity index (χ3n) is 10.4. The summed E-state index contributed by atoms with van der Waals surface area (Å²) in [5, 5.41) is 0. The van der Waals surface area contributed by atoms with E-state index in [0.29, 0.717) is 17.4 Å². The highest BCUT2D eigenvalue weighted by Gasteiger charge is 2.21. The van der Waals surface area contributed by atoms with Crippen LogP contribution >= 0.6 is 7.82 Å². The van der Waals surface area contributed by atoms with Crippen LogP contribution in [0.2, 0.25) is 0 Å². The number of phosphoric ester groups is 1. The molecule has 342 valence electrons. The van der Waals surface area contributed by atoms with E-state index in [1.807, 2.05) is 21.1 Å². The van der Waals surface area contributed by atoms with Crippen molar-refractivity contribution in [2.24, 2.45) is 0 Å². The molecule has 10 heteroatoms. The third kappa shape index (κ3) is 44.1. The number of unbranched alkanes of at least 4 members (excludes halogenated alkanes) is 26. The predicted octanol–water partition coefficient (Wildman–Crippen LogP) is 13.3. The summed E-state index contributed by atoms with van der Waals surface area (Å²) < 4.78 is 34.0. The fraction of sp³-hybridized carbons (Fsp3) is 0.875. The van der Waals surface area contributed by atoms with Gasteiger partial charge in [0.15, 0.2) is 6.10 Å². The second kappa shape index (κ2) is 40.9. The smallest absolute Gasteiger partial charge is 0.306 e. The van der Waals surface area contributed by atoms with E-state index in [9.17, 15) is 19.0 Å². The van der Waals surface area contributed by atoms with Gasteiger partial charge in [0.05, 0.1) is 27.7 Å². The zero-order valence-electron chi connectivity index (χ0n) is 38.5. The number of ether oxygens (including phenoxy) is 2. The molecule has 2 unspecified atom stereocenters. The molecule has 0 N–H and O–H groups in total. The van der Waals surface area contributed by atoms with Crippen LogP contribution in [0.5, 0.6) is 0 Å². The second-order valence-electron chi connectivity index (χ2n) is 17.5. The van der Waals surface area contributed by atoms with Gasteiger partial charge >= 0.3 is 11.9 Å². The quantitative estimate of drug-likeness (QED) is 0.0196. The van der Waals surface area contributed by atoms with Crippen LogP contribution in [0.25, 0.3) is 0 Å². The van der Waals surface area contributed by atoms with Crippen molar-refractivity contribution >= 4 is 19.8 Å². The number of hydrogen-bond acceptors (Lipinski definition) is 8. The van der Waals surface area contributed by atoms with Crippen molar-refractivity contribution in [3.63, 3.8) is 0 Å². The molecule has 9 nitrogen and oxygen atoms in total. The number of hydrogen-bond donors (Lipinski definition) is 0. The number of rotatable bonds is 44. The van der Waals surface area contributed by atoms with Crippen molar-refractivity contribution in [3.05, 3.63) is 24.3 Å². The molecule has 58 heavy (non-hydrogen) atoms. The Labute approximate surface area is 358 Å². The van der Waals surface area contributed by atoms with Crippen LogP contribution in [0.15, 0.2) is 24.3 Å². The Morgan fingerprint density at radius 3 is 1.28 bits per heavy atom. The molecule has 0 aliphatic carbocycles. The zero-order valence-corrected chi connectivity index (χ0v) is 39.4. The van der Waals surface area contributed by atoms with E-state index in [2.05, 4.69) is 38.2 Å². The molecule has 0 spiro atoms. The summed E-state index contributed by atoms with van der Waals surface area (Å²) in [5.74, 6) is -0.837. The minimum Gasteiger partial charge on any atom is -0.756 e. The maximum atomic E-state index is 12.7. The summed E-state index contributed by atoms with van der Waals surface area (Å²) in [4.78, 5) is 37.6. The van der Waals surface area contributed by atoms with Crippen molar-refractivity contribution < 1.29 is 42.1 Å². The standard InChI is InChI=1S/C48H92NO8P/c1-6-8-10-12-14-16-18-20-22-24-26-28-30-32-34-36-38-40-47(50)54-44-46(45-56-58(52,53)55-43-42-49(3,4)5)57-48(51)41-39-37-35-33-31-29-27-25-23-21-19-17-15-13-11-9-7-2/h20-23,46H,6-19,24-45H2,1-5H3. The lowest BCUT2D eigenvalue weighted by Gasteiger charge is -2.28. The van der Waals surface area contributed by atoms with Crippen LogP contribution in [0, 0.1) is 0 Å². The first-order valence-electron chi connectivity index (χ1n) is 24.0. The Morgan fingerprint density at radius 2 is 0.879 bits per heavy atom. The highest BCUT2D eigenvalue weighted by molar-refractivity contribution is 7.45. The molecule has 0 amide bonds. The number of carbonyl (C=O) groups excluding carboxylic acids is 2. The van der Waals surface area contributed by atoms with E-state index in [0.717, 1.165) is 57.8 Å². The van der Waals surface area contributed by atoms with E-state index >= 15 is 0 Å². The lowest BCUT2D eigenvalue weighted by atomic mass is 10.1. The first kappa shape index (κ1) is 56.5. The van der Waals surface area contributed by atoms with Crippen molar-refractivity contribution in [1.82, 2.24) is 0 Å². The number of phosphoric acid groups is 1. The fourth-order valence-corrected chi connectivity index (χ4v) is 7.37. The first-order chi connectivity index (χ1) is 28.0. The van der Waals surface area contributed by atoms with Gasteiger partial charge in [0, 0.05) is 12.8 Å². The van der Waals surface area contributed by atoms with Gasteiger partial charge in [-0.2, -0.15) is 0 Å². The van der Waals surface area contributed by atoms with Crippen LogP contribution in [-0.4, -0.2) is 70.0 Å². The van der Waals surface area contributed by atoms with Crippen molar-refractivity contribution in [2.75, 3.05) is 47.5 Å². The molecular weight excluding hydrogens is 750 g/mol. The molecule has 0 aliphatic heterocycles. The molecule has 0 aromatic rings. The van der Waals surface area contributed by atoms with Crippen LogP contribution in [0.4, 0.5) is 0 Å². The SMILES string of the molecule is CCCCCCCCC=CCCCCCCCCCC(=O)OCC(COP(=O)([O-])OCC[N+](C)(C)C)OC(=O)CCCCCCCCCC=CCCCCCCCC. The average molecular weight is 842 g/mol. The summed E-state index contributed by atoms with van der Waals surface area (Å²) in [6.45, 7) is 4.23. The Morgan fingerprint density at radius 1 is 0.517 bits per heavy atom. The Hall–Kier alpha value is -1.51. The van der Waals surface area contributed by atoms with E-state index in [4.69, 9.17) is 18.5 Å². The molecule has 0 radical (unpaired) electrons. The molecule has 0 saturated heterocycles. The molecule has 0 aliphatic rings. The van der Waals surface area contributed by atoms with Crippen LogP contribution in [0.1, 0.15) is 219 Å². The van der Waals surface area contributed by atoms with Gasteiger partial charge in [-0.1, -0.05) is 167 Å². The monoisotopic (exact) mass is 842 g/mol. The highest BCUT2D eigenvalue weighted by Crippen LogP contribution is 2.38. The van der Waals surface area contributed by atoms with Crippen LogP contribution in [-0.2, 0) is 32.7 Å². The molecule has 0 fully saturated rings. The van der Waals surface area contributed by atoms with Gasteiger partial charge in [-0.3, -0.25) is 14.2 Å². The minimum absolute atomic E-state index is 0.0310. The number of quaternary nitrogens is 1. The van der Waals surface area contributed by atoms with Gasteiger partial charge in [-0.15, -0.1) is 0 Å². The van der Waals surface area contributed by atoms with Crippen LogP contribution < -0.4 is 4.89 Å². The maximum Gasteiger partial charge on any atom is 0.306 e. The van der Waals surface area contributed by atoms with Crippen molar-refractivity contribution in [3.8, 4) is 0 Å². The molecule has 0 heterocycles. The van der Waals surface area contributed by atoms with Gasteiger partial charge in [-0.05, 0) is 64.2 Å². The maximum absolute atomic E-state index is 12.7. The van der Waals surface area contributed by atoms with E-state index in [1.165, 1.54) is 128 Å². The number of esters is 2. The normalized spacial score (nSPS) is 13.7. The summed E-state index contributed by atoms with van der Waals surface area (Å²) in [6, 6.07) is 0. The molecule has 0 bridgehead atoms. The Bertz CT molecular complexity index is 1040. The second-order valence-corrected chi connectivity index (χ2v) is 18.9.